The van der Waals surface area contributed by atoms with Crippen LogP contribution in [0.1, 0.15) is 22.6 Å². The summed E-state index contributed by atoms with van der Waals surface area (Å²) in [6.07, 6.45) is -4.48. The predicted molar refractivity (Wildman–Crippen MR) is 136 cm³/mol. The first kappa shape index (κ1) is 28.5. The second-order valence-electron chi connectivity index (χ2n) is 8.64. The summed E-state index contributed by atoms with van der Waals surface area (Å²) in [6, 6.07) is 13.2. The number of rotatable bonds is 7. The fourth-order valence-electron chi connectivity index (χ4n) is 4.21. The number of morpholine rings is 1. The van der Waals surface area contributed by atoms with Crippen LogP contribution in [0.5, 0.6) is 11.5 Å². The van der Waals surface area contributed by atoms with Crippen molar-refractivity contribution in [2.75, 3.05) is 19.7 Å². The van der Waals surface area contributed by atoms with Crippen LogP contribution < -0.4 is 15.2 Å². The summed E-state index contributed by atoms with van der Waals surface area (Å²) < 4.78 is 75.7. The van der Waals surface area contributed by atoms with Crippen molar-refractivity contribution in [1.82, 2.24) is 5.32 Å². The molecule has 0 amide bonds. The van der Waals surface area contributed by atoms with Gasteiger partial charge in [-0.15, -0.1) is 0 Å². The van der Waals surface area contributed by atoms with Gasteiger partial charge in [-0.05, 0) is 53.6 Å². The molecule has 1 aliphatic heterocycles. The number of ether oxygens (including phenoxy) is 2. The van der Waals surface area contributed by atoms with Gasteiger partial charge in [0.05, 0.1) is 39.7 Å². The molecule has 2 atom stereocenters. The molecule has 0 spiro atoms. The van der Waals surface area contributed by atoms with Crippen molar-refractivity contribution in [3.8, 4) is 28.7 Å². The van der Waals surface area contributed by atoms with Crippen LogP contribution in [0.3, 0.4) is 0 Å². The molecule has 8 nitrogen and oxygen atoms in total. The lowest BCUT2D eigenvalue weighted by Crippen LogP contribution is -2.42. The van der Waals surface area contributed by atoms with Crippen LogP contribution in [-0.4, -0.2) is 40.5 Å². The summed E-state index contributed by atoms with van der Waals surface area (Å²) in [4.78, 5) is 11.7. The van der Waals surface area contributed by atoms with Gasteiger partial charge in [-0.1, -0.05) is 23.7 Å². The molecular formula is C26H21ClF3N3O5S. The standard InChI is InChI=1S/C26H21ClF3N3O5S/c27-22-4-3-18(11-21(22)26(28,29)30)38-23-5-1-15(9-17(23)12-31)19-10-16(2-6-25(19)39(32,35)36)20(14-34)24-13-33-7-8-37-24/h1-6,9-11,14,20,24,33H,7-8,13H2,(H2,32,35,36). The number of nitrogens with zero attached hydrogens (tertiary/aromatic N) is 1. The van der Waals surface area contributed by atoms with Gasteiger partial charge in [-0.25, -0.2) is 13.6 Å². The van der Waals surface area contributed by atoms with Gasteiger partial charge in [0.15, 0.2) is 0 Å². The van der Waals surface area contributed by atoms with Gasteiger partial charge in [0.25, 0.3) is 0 Å². The molecule has 2 unspecified atom stereocenters. The van der Waals surface area contributed by atoms with Crippen LogP contribution in [0.4, 0.5) is 13.2 Å². The highest BCUT2D eigenvalue weighted by Crippen LogP contribution is 2.39. The van der Waals surface area contributed by atoms with Crippen LogP contribution in [0.25, 0.3) is 11.1 Å². The lowest BCUT2D eigenvalue weighted by molar-refractivity contribution is -0.137. The number of benzene rings is 3. The molecule has 204 valence electrons. The maximum Gasteiger partial charge on any atom is 0.417 e. The molecule has 0 radical (unpaired) electrons. The number of halogens is 4. The minimum absolute atomic E-state index is 0.0718. The Morgan fingerprint density at radius 2 is 1.95 bits per heavy atom. The van der Waals surface area contributed by atoms with E-state index in [9.17, 15) is 31.6 Å². The molecule has 0 aliphatic carbocycles. The van der Waals surface area contributed by atoms with Gasteiger partial charge < -0.3 is 19.6 Å². The molecule has 1 aliphatic rings. The average molecular weight is 580 g/mol. The third-order valence-electron chi connectivity index (χ3n) is 6.08. The van der Waals surface area contributed by atoms with E-state index in [0.717, 1.165) is 6.07 Å². The van der Waals surface area contributed by atoms with Gasteiger partial charge >= 0.3 is 6.18 Å². The molecule has 1 saturated heterocycles. The molecule has 3 N–H and O–H groups in total. The highest BCUT2D eigenvalue weighted by atomic mass is 35.5. The number of carbonyl (C=O) groups excluding carboxylic acids is 1. The van der Waals surface area contributed by atoms with E-state index in [0.29, 0.717) is 37.6 Å². The summed E-state index contributed by atoms with van der Waals surface area (Å²) in [5, 5.41) is 17.8. The fraction of sp³-hybridized carbons (Fsp3) is 0.231. The quantitative estimate of drug-likeness (QED) is 0.391. The monoisotopic (exact) mass is 579 g/mol. The molecule has 13 heteroatoms. The highest BCUT2D eigenvalue weighted by Gasteiger charge is 2.34. The number of hydrogen-bond donors (Lipinski definition) is 2. The zero-order chi connectivity index (χ0) is 28.4. The molecule has 3 aromatic rings. The SMILES string of the molecule is N#Cc1cc(-c2cc(C(C=O)C3CNCCO3)ccc2S(N)(=O)=O)ccc1Oc1ccc(Cl)c(C(F)(F)F)c1. The highest BCUT2D eigenvalue weighted by molar-refractivity contribution is 7.89. The zero-order valence-corrected chi connectivity index (χ0v) is 21.6. The number of sulfonamides is 1. The van der Waals surface area contributed by atoms with E-state index in [1.807, 2.05) is 6.07 Å². The molecule has 0 bridgehead atoms. The van der Waals surface area contributed by atoms with Crippen molar-refractivity contribution < 1.29 is 35.9 Å². The third-order valence-corrected chi connectivity index (χ3v) is 7.38. The van der Waals surface area contributed by atoms with Crippen LogP contribution in [-0.2, 0) is 25.7 Å². The first-order valence-electron chi connectivity index (χ1n) is 11.5. The van der Waals surface area contributed by atoms with Crippen LogP contribution in [0.2, 0.25) is 5.02 Å². The number of aldehydes is 1. The molecule has 0 saturated carbocycles. The Balaban J connectivity index is 1.76. The van der Waals surface area contributed by atoms with Gasteiger partial charge in [0, 0.05) is 18.7 Å². The molecule has 3 aromatic carbocycles. The van der Waals surface area contributed by atoms with E-state index in [1.54, 1.807) is 0 Å². The Labute approximate surface area is 227 Å². The summed E-state index contributed by atoms with van der Waals surface area (Å²) in [5.41, 5.74) is -0.341. The first-order valence-corrected chi connectivity index (χ1v) is 13.4. The molecular weight excluding hydrogens is 559 g/mol. The van der Waals surface area contributed by atoms with Crippen molar-refractivity contribution in [3.05, 3.63) is 76.3 Å². The largest absolute Gasteiger partial charge is 0.456 e. The van der Waals surface area contributed by atoms with Crippen LogP contribution >= 0.6 is 11.6 Å². The third kappa shape index (κ3) is 6.41. The zero-order valence-electron chi connectivity index (χ0n) is 20.0. The maximum atomic E-state index is 13.2. The fourth-order valence-corrected chi connectivity index (χ4v) is 5.18. The number of primary sulfonamides is 1. The van der Waals surface area contributed by atoms with Gasteiger partial charge in [0.1, 0.15) is 23.9 Å². The van der Waals surface area contributed by atoms with Gasteiger partial charge in [0.2, 0.25) is 10.0 Å². The van der Waals surface area contributed by atoms with Crippen molar-refractivity contribution in [3.63, 3.8) is 0 Å². The normalized spacial score (nSPS) is 16.8. The molecule has 39 heavy (non-hydrogen) atoms. The maximum absolute atomic E-state index is 13.2. The lowest BCUT2D eigenvalue weighted by Gasteiger charge is -2.28. The summed E-state index contributed by atoms with van der Waals surface area (Å²) >= 11 is 5.66. The van der Waals surface area contributed by atoms with E-state index in [1.165, 1.54) is 42.5 Å². The lowest BCUT2D eigenvalue weighted by atomic mass is 9.91. The molecule has 1 fully saturated rings. The first-order chi connectivity index (χ1) is 18.4. The van der Waals surface area contributed by atoms with Crippen molar-refractivity contribution in [1.29, 1.82) is 5.26 Å². The number of hydrogen-bond acceptors (Lipinski definition) is 7. The van der Waals surface area contributed by atoms with Crippen LogP contribution in [0, 0.1) is 11.3 Å². The number of nitrogens with two attached hydrogens (primary N) is 1. The van der Waals surface area contributed by atoms with E-state index in [4.69, 9.17) is 26.2 Å². The summed E-state index contributed by atoms with van der Waals surface area (Å²) in [7, 11) is -4.22. The Morgan fingerprint density at radius 1 is 1.18 bits per heavy atom. The number of carbonyl (C=O) groups is 1. The number of nitrogens with one attached hydrogen (secondary N) is 1. The van der Waals surface area contributed by atoms with Crippen molar-refractivity contribution in [2.45, 2.75) is 23.1 Å². The van der Waals surface area contributed by atoms with Gasteiger partial charge in [-0.2, -0.15) is 18.4 Å². The minimum Gasteiger partial charge on any atom is -0.456 e. The average Bonchev–Trinajstić information content (AvgIpc) is 2.89. The number of alkyl halides is 3. The second kappa shape index (κ2) is 11.3. The van der Waals surface area contributed by atoms with Gasteiger partial charge in [-0.3, -0.25) is 0 Å². The molecule has 4 rings (SSSR count). The molecule has 1 heterocycles. The second-order valence-corrected chi connectivity index (χ2v) is 10.6. The topological polar surface area (TPSA) is 132 Å². The molecule has 0 aromatic heterocycles. The van der Waals surface area contributed by atoms with E-state index in [2.05, 4.69) is 5.32 Å². The Hall–Kier alpha value is -3.47. The minimum atomic E-state index is -4.72. The smallest absolute Gasteiger partial charge is 0.417 e. The summed E-state index contributed by atoms with van der Waals surface area (Å²) in [6.45, 7) is 1.46. The predicted octanol–water partition coefficient (Wildman–Crippen LogP) is 4.61. The van der Waals surface area contributed by atoms with Crippen molar-refractivity contribution >= 4 is 27.9 Å². The summed E-state index contributed by atoms with van der Waals surface area (Å²) in [5.74, 6) is -0.993. The van der Waals surface area contributed by atoms with E-state index < -0.39 is 38.8 Å². The van der Waals surface area contributed by atoms with Crippen LogP contribution in [0.15, 0.2) is 59.5 Å². The number of nitriles is 1. The van der Waals surface area contributed by atoms with Crippen molar-refractivity contribution in [2.24, 2.45) is 5.14 Å². The Morgan fingerprint density at radius 3 is 2.56 bits per heavy atom. The Kier molecular flexibility index (Phi) is 8.29. The van der Waals surface area contributed by atoms with E-state index >= 15 is 0 Å². The Bertz CT molecular complexity index is 1550. The van der Waals surface area contributed by atoms with E-state index in [-0.39, 0.29) is 33.1 Å².